The summed E-state index contributed by atoms with van der Waals surface area (Å²) in [6, 6.07) is 2.27. The van der Waals surface area contributed by atoms with E-state index in [0.29, 0.717) is 0 Å². The van der Waals surface area contributed by atoms with Crippen molar-refractivity contribution in [1.29, 1.82) is 0 Å². The van der Waals surface area contributed by atoms with Crippen LogP contribution in [0.15, 0.2) is 18.5 Å². The second kappa shape index (κ2) is 4.20. The van der Waals surface area contributed by atoms with Crippen molar-refractivity contribution in [2.45, 2.75) is 33.2 Å². The first-order valence-electron chi connectivity index (χ1n) is 5.67. The van der Waals surface area contributed by atoms with Crippen LogP contribution in [0.4, 0.5) is 0 Å². The van der Waals surface area contributed by atoms with Gasteiger partial charge in [0, 0.05) is 23.8 Å². The molecule has 0 unspecified atom stereocenters. The highest BCUT2D eigenvalue weighted by molar-refractivity contribution is 5.85. The van der Waals surface area contributed by atoms with Crippen LogP contribution in [0.5, 0.6) is 0 Å². The van der Waals surface area contributed by atoms with Crippen LogP contribution in [0.1, 0.15) is 31.0 Å². The molecule has 1 N–H and O–H groups in total. The molecule has 0 bridgehead atoms. The predicted molar refractivity (Wildman–Crippen MR) is 66.2 cm³/mol. The molecule has 0 fully saturated rings. The number of carboxylic acids is 1. The summed E-state index contributed by atoms with van der Waals surface area (Å²) in [7, 11) is 0. The van der Waals surface area contributed by atoms with Gasteiger partial charge < -0.3 is 9.67 Å². The average Bonchev–Trinajstić information content (AvgIpc) is 2.56. The summed E-state index contributed by atoms with van der Waals surface area (Å²) in [6.07, 6.45) is 3.75. The van der Waals surface area contributed by atoms with Crippen LogP contribution >= 0.6 is 0 Å². The number of fused-ring (bicyclic) bond motifs is 1. The summed E-state index contributed by atoms with van der Waals surface area (Å²) < 4.78 is 2.02. The van der Waals surface area contributed by atoms with Gasteiger partial charge in [-0.3, -0.25) is 4.79 Å². The molecular formula is C13H16N2O2. The molecule has 90 valence electrons. The van der Waals surface area contributed by atoms with Gasteiger partial charge in [-0.25, -0.2) is 4.98 Å². The topological polar surface area (TPSA) is 55.1 Å². The number of pyridine rings is 1. The summed E-state index contributed by atoms with van der Waals surface area (Å²) >= 11 is 0. The van der Waals surface area contributed by atoms with Crippen molar-refractivity contribution < 1.29 is 9.90 Å². The maximum atomic E-state index is 10.8. The summed E-state index contributed by atoms with van der Waals surface area (Å²) in [5.74, 6) is -0.811. The zero-order chi connectivity index (χ0) is 12.6. The third kappa shape index (κ3) is 2.16. The standard InChI is InChI=1S/C13H16N2O2/c1-8(2)15-7-10(5-12(16)17)11-4-9(3)6-14-13(11)15/h4,6-8H,5H2,1-3H3,(H,16,17). The largest absolute Gasteiger partial charge is 0.481 e. The Morgan fingerprint density at radius 2 is 2.24 bits per heavy atom. The Kier molecular flexibility index (Phi) is 2.88. The normalized spacial score (nSPS) is 11.3. The van der Waals surface area contributed by atoms with Crippen LogP contribution in [0.3, 0.4) is 0 Å². The fraction of sp³-hybridized carbons (Fsp3) is 0.385. The predicted octanol–water partition coefficient (Wildman–Crippen LogP) is 2.55. The molecule has 4 heteroatoms. The lowest BCUT2D eigenvalue weighted by molar-refractivity contribution is -0.136. The van der Waals surface area contributed by atoms with Crippen molar-refractivity contribution in [3.63, 3.8) is 0 Å². The van der Waals surface area contributed by atoms with E-state index in [1.54, 1.807) is 0 Å². The van der Waals surface area contributed by atoms with Crippen molar-refractivity contribution >= 4 is 17.0 Å². The molecule has 17 heavy (non-hydrogen) atoms. The van der Waals surface area contributed by atoms with Crippen molar-refractivity contribution in [3.8, 4) is 0 Å². The smallest absolute Gasteiger partial charge is 0.307 e. The van der Waals surface area contributed by atoms with Gasteiger partial charge in [0.1, 0.15) is 5.65 Å². The molecule has 0 saturated heterocycles. The minimum absolute atomic E-state index is 0.0430. The molecule has 4 nitrogen and oxygen atoms in total. The van der Waals surface area contributed by atoms with E-state index in [-0.39, 0.29) is 12.5 Å². The van der Waals surface area contributed by atoms with Crippen molar-refractivity contribution in [3.05, 3.63) is 29.6 Å². The first-order valence-corrected chi connectivity index (χ1v) is 5.67. The molecular weight excluding hydrogens is 216 g/mol. The Balaban J connectivity index is 2.66. The van der Waals surface area contributed by atoms with Crippen LogP contribution in [0, 0.1) is 6.92 Å². The van der Waals surface area contributed by atoms with Crippen LogP contribution in [0.25, 0.3) is 11.0 Å². The van der Waals surface area contributed by atoms with Crippen LogP contribution < -0.4 is 0 Å². The number of hydrogen-bond acceptors (Lipinski definition) is 2. The quantitative estimate of drug-likeness (QED) is 0.884. The van der Waals surface area contributed by atoms with E-state index in [0.717, 1.165) is 22.2 Å². The highest BCUT2D eigenvalue weighted by Gasteiger charge is 2.13. The van der Waals surface area contributed by atoms with Crippen molar-refractivity contribution in [2.24, 2.45) is 0 Å². The van der Waals surface area contributed by atoms with Gasteiger partial charge in [-0.2, -0.15) is 0 Å². The molecule has 2 aromatic heterocycles. The Bertz CT molecular complexity index is 570. The fourth-order valence-corrected chi connectivity index (χ4v) is 2.00. The lowest BCUT2D eigenvalue weighted by atomic mass is 10.1. The number of carbonyl (C=O) groups is 1. The number of aromatic nitrogens is 2. The molecule has 0 aliphatic rings. The molecule has 2 aromatic rings. The second-order valence-electron chi connectivity index (χ2n) is 4.61. The molecule has 0 amide bonds. The van der Waals surface area contributed by atoms with Crippen LogP contribution in [-0.2, 0) is 11.2 Å². The minimum atomic E-state index is -0.811. The number of aryl methyl sites for hydroxylation is 1. The number of hydrogen-bond donors (Lipinski definition) is 1. The number of aliphatic carboxylic acids is 1. The summed E-state index contributed by atoms with van der Waals surface area (Å²) in [4.78, 5) is 15.2. The van der Waals surface area contributed by atoms with E-state index in [2.05, 4.69) is 18.8 Å². The van der Waals surface area contributed by atoms with E-state index in [1.807, 2.05) is 30.0 Å². The van der Waals surface area contributed by atoms with Gasteiger partial charge in [0.05, 0.1) is 6.42 Å². The maximum Gasteiger partial charge on any atom is 0.307 e. The molecule has 0 radical (unpaired) electrons. The lowest BCUT2D eigenvalue weighted by Gasteiger charge is -2.07. The fourth-order valence-electron chi connectivity index (χ4n) is 2.00. The molecule has 0 atom stereocenters. The highest BCUT2D eigenvalue weighted by Crippen LogP contribution is 2.24. The van der Waals surface area contributed by atoms with Gasteiger partial charge in [-0.1, -0.05) is 0 Å². The molecule has 0 aliphatic carbocycles. The van der Waals surface area contributed by atoms with Gasteiger partial charge >= 0.3 is 5.97 Å². The van der Waals surface area contributed by atoms with E-state index in [4.69, 9.17) is 5.11 Å². The van der Waals surface area contributed by atoms with E-state index >= 15 is 0 Å². The molecule has 2 heterocycles. The van der Waals surface area contributed by atoms with Gasteiger partial charge in [-0.15, -0.1) is 0 Å². The summed E-state index contributed by atoms with van der Waals surface area (Å²) in [5, 5.41) is 9.86. The monoisotopic (exact) mass is 232 g/mol. The number of nitrogens with zero attached hydrogens (tertiary/aromatic N) is 2. The average molecular weight is 232 g/mol. The second-order valence-corrected chi connectivity index (χ2v) is 4.61. The Labute approximate surface area is 99.9 Å². The Hall–Kier alpha value is -1.84. The highest BCUT2D eigenvalue weighted by atomic mass is 16.4. The van der Waals surface area contributed by atoms with E-state index in [1.165, 1.54) is 0 Å². The minimum Gasteiger partial charge on any atom is -0.481 e. The van der Waals surface area contributed by atoms with Gasteiger partial charge in [0.2, 0.25) is 0 Å². The summed E-state index contributed by atoms with van der Waals surface area (Å²) in [6.45, 7) is 6.08. The van der Waals surface area contributed by atoms with E-state index in [9.17, 15) is 4.79 Å². The molecule has 2 rings (SSSR count). The van der Waals surface area contributed by atoms with Crippen LogP contribution in [0.2, 0.25) is 0 Å². The molecule has 0 spiro atoms. The van der Waals surface area contributed by atoms with Gasteiger partial charge in [0.25, 0.3) is 0 Å². The van der Waals surface area contributed by atoms with Gasteiger partial charge in [-0.05, 0) is 38.0 Å². The third-order valence-electron chi connectivity index (χ3n) is 2.79. The summed E-state index contributed by atoms with van der Waals surface area (Å²) in [5.41, 5.74) is 2.74. The Morgan fingerprint density at radius 1 is 1.53 bits per heavy atom. The Morgan fingerprint density at radius 3 is 2.82 bits per heavy atom. The number of rotatable bonds is 3. The number of carboxylic acid groups (broad SMARTS) is 1. The third-order valence-corrected chi connectivity index (χ3v) is 2.79. The van der Waals surface area contributed by atoms with Gasteiger partial charge in [0.15, 0.2) is 0 Å². The maximum absolute atomic E-state index is 10.8. The van der Waals surface area contributed by atoms with Crippen molar-refractivity contribution in [2.75, 3.05) is 0 Å². The van der Waals surface area contributed by atoms with Crippen molar-refractivity contribution in [1.82, 2.24) is 9.55 Å². The zero-order valence-electron chi connectivity index (χ0n) is 10.3. The van der Waals surface area contributed by atoms with Crippen LogP contribution in [-0.4, -0.2) is 20.6 Å². The SMILES string of the molecule is Cc1cnc2c(c1)c(CC(=O)O)cn2C(C)C. The molecule has 0 saturated carbocycles. The first-order chi connectivity index (χ1) is 7.99. The molecule has 0 aromatic carbocycles. The lowest BCUT2D eigenvalue weighted by Crippen LogP contribution is -2.00. The molecule has 0 aliphatic heterocycles. The zero-order valence-corrected chi connectivity index (χ0v) is 10.3. The van der Waals surface area contributed by atoms with E-state index < -0.39 is 5.97 Å². The first kappa shape index (κ1) is 11.6.